The van der Waals surface area contributed by atoms with Gasteiger partial charge in [-0.3, -0.25) is 4.79 Å². The van der Waals surface area contributed by atoms with Gasteiger partial charge in [-0.1, -0.05) is 11.8 Å². The first-order chi connectivity index (χ1) is 9.60. The molecule has 0 bridgehead atoms. The van der Waals surface area contributed by atoms with Crippen molar-refractivity contribution >= 4 is 23.4 Å². The molecule has 0 aliphatic carbocycles. The molecule has 8 heteroatoms. The molecule has 0 aliphatic rings. The third kappa shape index (κ3) is 3.53. The van der Waals surface area contributed by atoms with Crippen molar-refractivity contribution < 1.29 is 9.18 Å². The summed E-state index contributed by atoms with van der Waals surface area (Å²) in [7, 11) is 0. The fraction of sp³-hybridized carbons (Fsp3) is 0.333. The zero-order valence-corrected chi connectivity index (χ0v) is 11.9. The molecule has 0 aliphatic heterocycles. The van der Waals surface area contributed by atoms with Gasteiger partial charge in [-0.05, 0) is 48.5 Å². The van der Waals surface area contributed by atoms with E-state index in [4.69, 9.17) is 0 Å². The van der Waals surface area contributed by atoms with E-state index in [2.05, 4.69) is 20.8 Å². The number of amides is 1. The van der Waals surface area contributed by atoms with Crippen LogP contribution in [-0.4, -0.2) is 31.4 Å². The average molecular weight is 295 g/mol. The van der Waals surface area contributed by atoms with Crippen LogP contribution in [0.4, 0.5) is 10.1 Å². The maximum absolute atomic E-state index is 12.8. The molecule has 0 unspecified atom stereocenters. The van der Waals surface area contributed by atoms with Crippen molar-refractivity contribution in [2.75, 3.05) is 5.32 Å². The van der Waals surface area contributed by atoms with Gasteiger partial charge in [0.2, 0.25) is 11.1 Å². The number of carbonyl (C=O) groups excluding carboxylic acids is 1. The van der Waals surface area contributed by atoms with E-state index in [-0.39, 0.29) is 17.0 Å². The van der Waals surface area contributed by atoms with Crippen molar-refractivity contribution in [2.45, 2.75) is 30.8 Å². The molecule has 0 spiro atoms. The fourth-order valence-corrected chi connectivity index (χ4v) is 2.32. The number of aryl methyl sites for hydroxylation is 1. The van der Waals surface area contributed by atoms with E-state index in [0.29, 0.717) is 17.4 Å². The Morgan fingerprint density at radius 2 is 2.15 bits per heavy atom. The van der Waals surface area contributed by atoms with Gasteiger partial charge in [0.25, 0.3) is 0 Å². The largest absolute Gasteiger partial charge is 0.325 e. The molecule has 0 saturated carbocycles. The Bertz CT molecular complexity index is 586. The van der Waals surface area contributed by atoms with Gasteiger partial charge in [-0.25, -0.2) is 9.07 Å². The number of hydrogen-bond acceptors (Lipinski definition) is 5. The number of halogens is 1. The van der Waals surface area contributed by atoms with E-state index >= 15 is 0 Å². The van der Waals surface area contributed by atoms with Crippen LogP contribution in [0.2, 0.25) is 0 Å². The lowest BCUT2D eigenvalue weighted by molar-refractivity contribution is -0.115. The molecule has 0 fully saturated rings. The second kappa shape index (κ2) is 6.47. The molecule has 6 nitrogen and oxygen atoms in total. The number of rotatable bonds is 5. The van der Waals surface area contributed by atoms with Crippen molar-refractivity contribution in [3.63, 3.8) is 0 Å². The first-order valence-electron chi connectivity index (χ1n) is 6.09. The van der Waals surface area contributed by atoms with Crippen molar-refractivity contribution in [1.29, 1.82) is 0 Å². The number of carbonyl (C=O) groups is 1. The predicted molar refractivity (Wildman–Crippen MR) is 73.8 cm³/mol. The number of nitrogens with zero attached hydrogens (tertiary/aromatic N) is 4. The Kier molecular flexibility index (Phi) is 4.67. The maximum atomic E-state index is 12.8. The van der Waals surface area contributed by atoms with Gasteiger partial charge in [0.05, 0.1) is 5.25 Å². The molecule has 1 aromatic carbocycles. The SMILES string of the molecule is CCn1nnnc1S[C@@H](C)C(=O)Nc1ccc(F)cc1. The molecule has 2 aromatic rings. The van der Waals surface area contributed by atoms with Gasteiger partial charge in [-0.15, -0.1) is 5.10 Å². The van der Waals surface area contributed by atoms with Crippen LogP contribution in [0, 0.1) is 5.82 Å². The van der Waals surface area contributed by atoms with Crippen LogP contribution < -0.4 is 5.32 Å². The Balaban J connectivity index is 1.97. The van der Waals surface area contributed by atoms with E-state index in [9.17, 15) is 9.18 Å². The average Bonchev–Trinajstić information content (AvgIpc) is 2.88. The van der Waals surface area contributed by atoms with Crippen LogP contribution in [0.25, 0.3) is 0 Å². The van der Waals surface area contributed by atoms with E-state index in [1.54, 1.807) is 11.6 Å². The molecule has 1 N–H and O–H groups in total. The Morgan fingerprint density at radius 1 is 1.45 bits per heavy atom. The van der Waals surface area contributed by atoms with E-state index in [1.165, 1.54) is 36.0 Å². The minimum Gasteiger partial charge on any atom is -0.325 e. The predicted octanol–water partition coefficient (Wildman–Crippen LogP) is 1.95. The van der Waals surface area contributed by atoms with Crippen molar-refractivity contribution in [3.8, 4) is 0 Å². The summed E-state index contributed by atoms with van der Waals surface area (Å²) in [4.78, 5) is 12.0. The fourth-order valence-electron chi connectivity index (χ4n) is 1.47. The normalized spacial score (nSPS) is 12.2. The molecule has 2 rings (SSSR count). The molecular weight excluding hydrogens is 281 g/mol. The maximum Gasteiger partial charge on any atom is 0.237 e. The second-order valence-corrected chi connectivity index (χ2v) is 5.34. The lowest BCUT2D eigenvalue weighted by Gasteiger charge is -2.11. The summed E-state index contributed by atoms with van der Waals surface area (Å²) >= 11 is 1.27. The van der Waals surface area contributed by atoms with Gasteiger partial charge in [0, 0.05) is 12.2 Å². The van der Waals surface area contributed by atoms with Gasteiger partial charge in [0.1, 0.15) is 5.82 Å². The number of anilines is 1. The van der Waals surface area contributed by atoms with Gasteiger partial charge in [-0.2, -0.15) is 0 Å². The molecule has 1 amide bonds. The quantitative estimate of drug-likeness (QED) is 0.854. The summed E-state index contributed by atoms with van der Waals surface area (Å²) in [5.41, 5.74) is 0.555. The lowest BCUT2D eigenvalue weighted by Crippen LogP contribution is -2.23. The van der Waals surface area contributed by atoms with Crippen LogP contribution in [0.15, 0.2) is 29.4 Å². The number of hydrogen-bond donors (Lipinski definition) is 1. The smallest absolute Gasteiger partial charge is 0.237 e. The topological polar surface area (TPSA) is 72.7 Å². The first-order valence-corrected chi connectivity index (χ1v) is 6.97. The molecule has 1 atom stereocenters. The van der Waals surface area contributed by atoms with Crippen molar-refractivity contribution in [3.05, 3.63) is 30.1 Å². The molecule has 20 heavy (non-hydrogen) atoms. The Morgan fingerprint density at radius 3 is 2.80 bits per heavy atom. The van der Waals surface area contributed by atoms with Crippen LogP contribution in [0.1, 0.15) is 13.8 Å². The van der Waals surface area contributed by atoms with Gasteiger partial charge >= 0.3 is 0 Å². The summed E-state index contributed by atoms with van der Waals surface area (Å²) < 4.78 is 14.4. The van der Waals surface area contributed by atoms with Gasteiger partial charge in [0.15, 0.2) is 0 Å². The molecule has 1 aromatic heterocycles. The molecular formula is C12H14FN5OS. The first kappa shape index (κ1) is 14.4. The van der Waals surface area contributed by atoms with Crippen molar-refractivity contribution in [2.24, 2.45) is 0 Å². The Labute approximate surface area is 119 Å². The number of tetrazole rings is 1. The number of nitrogens with one attached hydrogen (secondary N) is 1. The summed E-state index contributed by atoms with van der Waals surface area (Å²) in [6, 6.07) is 5.62. The standard InChI is InChI=1S/C12H14FN5OS/c1-3-18-12(15-16-17-18)20-8(2)11(19)14-10-6-4-9(13)5-7-10/h4-8H,3H2,1-2H3,(H,14,19)/t8-/m0/s1. The Hall–Kier alpha value is -1.96. The number of thioether (sulfide) groups is 1. The second-order valence-electron chi connectivity index (χ2n) is 4.03. The monoisotopic (exact) mass is 295 g/mol. The highest BCUT2D eigenvalue weighted by molar-refractivity contribution is 8.00. The van der Waals surface area contributed by atoms with Crippen LogP contribution in [0.5, 0.6) is 0 Å². The van der Waals surface area contributed by atoms with Crippen LogP contribution >= 0.6 is 11.8 Å². The highest BCUT2D eigenvalue weighted by atomic mass is 32.2. The van der Waals surface area contributed by atoms with Gasteiger partial charge < -0.3 is 5.32 Å². The minimum absolute atomic E-state index is 0.188. The van der Waals surface area contributed by atoms with Crippen LogP contribution in [0.3, 0.4) is 0 Å². The number of aromatic nitrogens is 4. The highest BCUT2D eigenvalue weighted by Crippen LogP contribution is 2.21. The van der Waals surface area contributed by atoms with E-state index in [1.807, 2.05) is 6.92 Å². The highest BCUT2D eigenvalue weighted by Gasteiger charge is 2.18. The van der Waals surface area contributed by atoms with E-state index < -0.39 is 0 Å². The lowest BCUT2D eigenvalue weighted by atomic mass is 10.3. The summed E-state index contributed by atoms with van der Waals surface area (Å²) in [6.45, 7) is 4.32. The zero-order chi connectivity index (χ0) is 14.5. The molecule has 0 radical (unpaired) electrons. The zero-order valence-electron chi connectivity index (χ0n) is 11.1. The van der Waals surface area contributed by atoms with Crippen LogP contribution in [-0.2, 0) is 11.3 Å². The minimum atomic E-state index is -0.364. The summed E-state index contributed by atoms with van der Waals surface area (Å²) in [6.07, 6.45) is 0. The summed E-state index contributed by atoms with van der Waals surface area (Å²) in [5.74, 6) is -0.528. The number of benzene rings is 1. The molecule has 0 saturated heterocycles. The molecule has 1 heterocycles. The third-order valence-electron chi connectivity index (χ3n) is 2.56. The van der Waals surface area contributed by atoms with Crippen molar-refractivity contribution in [1.82, 2.24) is 20.2 Å². The molecule has 106 valence electrons. The third-order valence-corrected chi connectivity index (χ3v) is 3.63. The summed E-state index contributed by atoms with van der Waals surface area (Å²) in [5, 5.41) is 14.2. The van der Waals surface area contributed by atoms with E-state index in [0.717, 1.165) is 0 Å².